The molecular formula is C18H16BrN3O4. The van der Waals surface area contributed by atoms with Crippen molar-refractivity contribution in [1.29, 1.82) is 0 Å². The van der Waals surface area contributed by atoms with Crippen LogP contribution in [0.4, 0.5) is 4.79 Å². The van der Waals surface area contributed by atoms with Crippen molar-refractivity contribution in [1.82, 2.24) is 15.3 Å². The number of nitrogens with one attached hydrogen (secondary N) is 1. The Hall–Kier alpha value is -2.87. The number of carbonyl (C=O) groups is 1. The molecule has 0 fully saturated rings. The van der Waals surface area contributed by atoms with Crippen LogP contribution in [-0.2, 0) is 6.54 Å². The summed E-state index contributed by atoms with van der Waals surface area (Å²) in [4.78, 5) is 19.0. The summed E-state index contributed by atoms with van der Waals surface area (Å²) in [5.74, 6) is 1.07. The number of ether oxygens (including phenoxy) is 2. The van der Waals surface area contributed by atoms with Crippen LogP contribution in [-0.4, -0.2) is 34.4 Å². The molecule has 0 saturated heterocycles. The first-order valence-electron chi connectivity index (χ1n) is 7.83. The van der Waals surface area contributed by atoms with E-state index in [0.717, 1.165) is 20.9 Å². The normalized spacial score (nSPS) is 10.5. The van der Waals surface area contributed by atoms with E-state index in [1.54, 1.807) is 24.5 Å². The van der Waals surface area contributed by atoms with Crippen LogP contribution in [0.15, 0.2) is 53.3 Å². The number of halogens is 1. The summed E-state index contributed by atoms with van der Waals surface area (Å²) in [5, 5.41) is 11.9. The Morgan fingerprint density at radius 1 is 1.12 bits per heavy atom. The van der Waals surface area contributed by atoms with Crippen molar-refractivity contribution in [2.45, 2.75) is 6.54 Å². The van der Waals surface area contributed by atoms with Crippen LogP contribution in [0.1, 0.15) is 5.56 Å². The number of nitrogens with zero attached hydrogens (tertiary/aromatic N) is 2. The van der Waals surface area contributed by atoms with Gasteiger partial charge in [0.2, 0.25) is 5.88 Å². The van der Waals surface area contributed by atoms with Gasteiger partial charge in [-0.25, -0.2) is 9.78 Å². The fourth-order valence-electron chi connectivity index (χ4n) is 2.28. The van der Waals surface area contributed by atoms with Crippen LogP contribution < -0.4 is 14.8 Å². The van der Waals surface area contributed by atoms with Gasteiger partial charge in [-0.3, -0.25) is 4.98 Å². The van der Waals surface area contributed by atoms with Crippen molar-refractivity contribution >= 4 is 32.9 Å². The lowest BCUT2D eigenvalue weighted by Crippen LogP contribution is -2.20. The van der Waals surface area contributed by atoms with E-state index in [2.05, 4.69) is 31.2 Å². The maximum absolute atomic E-state index is 10.5. The number of aromatic nitrogens is 2. The molecule has 0 aliphatic heterocycles. The van der Waals surface area contributed by atoms with Crippen molar-refractivity contribution < 1.29 is 19.4 Å². The fourth-order valence-corrected chi connectivity index (χ4v) is 2.66. The van der Waals surface area contributed by atoms with Gasteiger partial charge in [-0.05, 0) is 35.9 Å². The summed E-state index contributed by atoms with van der Waals surface area (Å²) in [6, 6.07) is 11.2. The fraction of sp³-hybridized carbons (Fsp3) is 0.167. The third-order valence-electron chi connectivity index (χ3n) is 3.46. The van der Waals surface area contributed by atoms with Gasteiger partial charge in [0.15, 0.2) is 0 Å². The lowest BCUT2D eigenvalue weighted by molar-refractivity contribution is 0.194. The van der Waals surface area contributed by atoms with Gasteiger partial charge in [-0.2, -0.15) is 0 Å². The van der Waals surface area contributed by atoms with E-state index in [1.807, 2.05) is 24.3 Å². The summed E-state index contributed by atoms with van der Waals surface area (Å²) in [5.41, 5.74) is 1.66. The number of amides is 1. The van der Waals surface area contributed by atoms with E-state index >= 15 is 0 Å². The number of carboxylic acid groups (broad SMARTS) is 1. The van der Waals surface area contributed by atoms with Crippen LogP contribution in [0.3, 0.4) is 0 Å². The molecule has 2 heterocycles. The highest BCUT2D eigenvalue weighted by Crippen LogP contribution is 2.22. The lowest BCUT2D eigenvalue weighted by Gasteiger charge is -2.09. The second-order valence-electron chi connectivity index (χ2n) is 5.37. The summed E-state index contributed by atoms with van der Waals surface area (Å²) in [6.07, 6.45) is 2.17. The van der Waals surface area contributed by atoms with Crippen molar-refractivity contribution in [3.63, 3.8) is 0 Å². The second-order valence-corrected chi connectivity index (χ2v) is 6.28. The second kappa shape index (κ2) is 8.48. The van der Waals surface area contributed by atoms with Crippen molar-refractivity contribution in [2.24, 2.45) is 0 Å². The standard InChI is InChI=1S/C18H16BrN3O4/c19-14-1-2-16-13(8-14)9-15(11-21-16)25-5-6-26-17-7-12(3-4-20-17)10-22-18(23)24/h1-4,7-9,11,22H,5-6,10H2,(H,23,24). The molecule has 0 spiro atoms. The molecule has 0 bridgehead atoms. The zero-order valence-electron chi connectivity index (χ0n) is 13.7. The molecule has 26 heavy (non-hydrogen) atoms. The number of benzene rings is 1. The topological polar surface area (TPSA) is 93.6 Å². The van der Waals surface area contributed by atoms with Crippen LogP contribution in [0.25, 0.3) is 10.9 Å². The largest absolute Gasteiger partial charge is 0.488 e. The van der Waals surface area contributed by atoms with Crippen LogP contribution in [0.5, 0.6) is 11.6 Å². The average Bonchev–Trinajstić information content (AvgIpc) is 2.63. The molecule has 3 rings (SSSR count). The monoisotopic (exact) mass is 417 g/mol. The third kappa shape index (κ3) is 5.06. The van der Waals surface area contributed by atoms with E-state index in [0.29, 0.717) is 24.8 Å². The maximum Gasteiger partial charge on any atom is 0.404 e. The third-order valence-corrected chi connectivity index (χ3v) is 3.96. The zero-order chi connectivity index (χ0) is 18.4. The van der Waals surface area contributed by atoms with Crippen molar-refractivity contribution in [3.8, 4) is 11.6 Å². The molecule has 2 aromatic heterocycles. The molecule has 0 unspecified atom stereocenters. The number of rotatable bonds is 7. The van der Waals surface area contributed by atoms with Crippen LogP contribution in [0.2, 0.25) is 0 Å². The van der Waals surface area contributed by atoms with Crippen LogP contribution >= 0.6 is 15.9 Å². The minimum absolute atomic E-state index is 0.197. The molecule has 0 aliphatic rings. The van der Waals surface area contributed by atoms with Gasteiger partial charge >= 0.3 is 6.09 Å². The molecule has 8 heteroatoms. The molecule has 1 amide bonds. The first-order chi connectivity index (χ1) is 12.6. The molecule has 0 aliphatic carbocycles. The molecule has 1 aromatic carbocycles. The molecule has 134 valence electrons. The summed E-state index contributed by atoms with van der Waals surface area (Å²) in [6.45, 7) is 0.836. The molecule has 3 aromatic rings. The van der Waals surface area contributed by atoms with Crippen molar-refractivity contribution in [3.05, 3.63) is 58.8 Å². The zero-order valence-corrected chi connectivity index (χ0v) is 15.3. The first-order valence-corrected chi connectivity index (χ1v) is 8.62. The number of pyridine rings is 2. The molecule has 7 nitrogen and oxygen atoms in total. The molecule has 0 radical (unpaired) electrons. The predicted octanol–water partition coefficient (Wildman–Crippen LogP) is 3.62. The van der Waals surface area contributed by atoms with Gasteiger partial charge in [0, 0.05) is 28.7 Å². The highest BCUT2D eigenvalue weighted by molar-refractivity contribution is 9.10. The summed E-state index contributed by atoms with van der Waals surface area (Å²) >= 11 is 3.44. The van der Waals surface area contributed by atoms with E-state index in [1.165, 1.54) is 0 Å². The highest BCUT2D eigenvalue weighted by Gasteiger charge is 2.03. The minimum atomic E-state index is -1.08. The van der Waals surface area contributed by atoms with Crippen molar-refractivity contribution in [2.75, 3.05) is 13.2 Å². The molecular weight excluding hydrogens is 402 g/mol. The quantitative estimate of drug-likeness (QED) is 0.570. The highest BCUT2D eigenvalue weighted by atomic mass is 79.9. The number of hydrogen-bond donors (Lipinski definition) is 2. The van der Waals surface area contributed by atoms with Gasteiger partial charge in [0.05, 0.1) is 11.7 Å². The van der Waals surface area contributed by atoms with Crippen LogP contribution in [0, 0.1) is 0 Å². The Morgan fingerprint density at radius 2 is 1.96 bits per heavy atom. The van der Waals surface area contributed by atoms with E-state index in [4.69, 9.17) is 14.6 Å². The Bertz CT molecular complexity index is 920. The average molecular weight is 418 g/mol. The Morgan fingerprint density at radius 3 is 2.81 bits per heavy atom. The Balaban J connectivity index is 1.51. The maximum atomic E-state index is 10.5. The van der Waals surface area contributed by atoms with E-state index < -0.39 is 6.09 Å². The predicted molar refractivity (Wildman–Crippen MR) is 99.5 cm³/mol. The number of fused-ring (bicyclic) bond motifs is 1. The Kier molecular flexibility index (Phi) is 5.85. The van der Waals surface area contributed by atoms with E-state index in [-0.39, 0.29) is 6.54 Å². The Labute approximate surface area is 158 Å². The molecule has 0 saturated carbocycles. The first kappa shape index (κ1) is 17.9. The SMILES string of the molecule is O=C(O)NCc1ccnc(OCCOc2cnc3ccc(Br)cc3c2)c1. The van der Waals surface area contributed by atoms with Gasteiger partial charge in [0.1, 0.15) is 19.0 Å². The lowest BCUT2D eigenvalue weighted by atomic mass is 10.2. The van der Waals surface area contributed by atoms with E-state index in [9.17, 15) is 4.79 Å². The minimum Gasteiger partial charge on any atom is -0.488 e. The van der Waals surface area contributed by atoms with Gasteiger partial charge < -0.3 is 19.9 Å². The summed E-state index contributed by atoms with van der Waals surface area (Å²) in [7, 11) is 0. The van der Waals surface area contributed by atoms with Gasteiger partial charge in [0.25, 0.3) is 0 Å². The molecule has 2 N–H and O–H groups in total. The molecule has 0 atom stereocenters. The smallest absolute Gasteiger partial charge is 0.404 e. The van der Waals surface area contributed by atoms with Gasteiger partial charge in [-0.1, -0.05) is 15.9 Å². The van der Waals surface area contributed by atoms with Gasteiger partial charge in [-0.15, -0.1) is 0 Å². The summed E-state index contributed by atoms with van der Waals surface area (Å²) < 4.78 is 12.2. The number of hydrogen-bond acceptors (Lipinski definition) is 5.